The van der Waals surface area contributed by atoms with Gasteiger partial charge in [0.05, 0.1) is 0 Å². The van der Waals surface area contributed by atoms with Crippen molar-refractivity contribution in [3.63, 3.8) is 0 Å². The van der Waals surface area contributed by atoms with Crippen LogP contribution in [0.5, 0.6) is 0 Å². The van der Waals surface area contributed by atoms with E-state index in [1.165, 1.54) is 0 Å². The molecule has 2 nitrogen and oxygen atoms in total. The van der Waals surface area contributed by atoms with E-state index in [4.69, 9.17) is 0 Å². The van der Waals surface area contributed by atoms with Crippen LogP contribution in [0.2, 0.25) is 0 Å². The Bertz CT molecular complexity index is 192. The average Bonchev–Trinajstić information content (AvgIpc) is 2.18. The van der Waals surface area contributed by atoms with Gasteiger partial charge in [0.1, 0.15) is 0 Å². The molecule has 0 spiro atoms. The minimum Gasteiger partial charge on any atom is -0.312 e. The molecule has 1 heterocycles. The third-order valence-corrected chi connectivity index (χ3v) is 1.86. The summed E-state index contributed by atoms with van der Waals surface area (Å²) in [5, 5.41) is 0. The van der Waals surface area contributed by atoms with Crippen molar-refractivity contribution in [1.29, 1.82) is 0 Å². The Hall–Kier alpha value is -1.01. The largest absolute Gasteiger partial charge is 0.312 e. The van der Waals surface area contributed by atoms with E-state index in [1.807, 2.05) is 0 Å². The van der Waals surface area contributed by atoms with Crippen molar-refractivity contribution in [1.82, 2.24) is 4.90 Å². The van der Waals surface area contributed by atoms with Crippen LogP contribution in [0.3, 0.4) is 0 Å². The van der Waals surface area contributed by atoms with Crippen molar-refractivity contribution in [2.75, 3.05) is 6.54 Å². The van der Waals surface area contributed by atoms with Crippen LogP contribution in [0.4, 0.5) is 0 Å². The first-order valence-corrected chi connectivity index (χ1v) is 4.00. The Morgan fingerprint density at radius 2 is 2.27 bits per heavy atom. The molecule has 1 fully saturated rings. The molecule has 0 saturated carbocycles. The molecule has 1 amide bonds. The van der Waals surface area contributed by atoms with Gasteiger partial charge in [-0.1, -0.05) is 13.0 Å². The van der Waals surface area contributed by atoms with Gasteiger partial charge >= 0.3 is 0 Å². The number of hydrogen-bond donors (Lipinski definition) is 0. The molecule has 0 aliphatic carbocycles. The Labute approximate surface area is 67.2 Å². The SMILES string of the molecule is C=C=CN1CCCCCC1=O. The first-order chi connectivity index (χ1) is 5.34. The standard InChI is InChI=1S/C9H13NO/c1-2-7-10-8-5-3-4-6-9(10)11/h7H,1,3-6,8H2. The molecule has 1 rings (SSSR count). The number of amides is 1. The summed E-state index contributed by atoms with van der Waals surface area (Å²) in [6.07, 6.45) is 5.61. The van der Waals surface area contributed by atoms with E-state index in [2.05, 4.69) is 12.3 Å². The molecule has 1 saturated heterocycles. The molecule has 0 bridgehead atoms. The summed E-state index contributed by atoms with van der Waals surface area (Å²) in [6, 6.07) is 0. The fraction of sp³-hybridized carbons (Fsp3) is 0.556. The molecule has 11 heavy (non-hydrogen) atoms. The fourth-order valence-electron chi connectivity index (χ4n) is 1.25. The lowest BCUT2D eigenvalue weighted by molar-refractivity contribution is -0.128. The highest BCUT2D eigenvalue weighted by Gasteiger charge is 2.12. The third-order valence-electron chi connectivity index (χ3n) is 1.86. The number of rotatable bonds is 1. The minimum absolute atomic E-state index is 0.207. The number of likely N-dealkylation sites (tertiary alicyclic amines) is 1. The Morgan fingerprint density at radius 3 is 3.00 bits per heavy atom. The van der Waals surface area contributed by atoms with Crippen LogP contribution in [0.15, 0.2) is 18.5 Å². The average molecular weight is 151 g/mol. The molecule has 0 atom stereocenters. The van der Waals surface area contributed by atoms with Gasteiger partial charge in [-0.05, 0) is 12.8 Å². The molecule has 1 aliphatic heterocycles. The summed E-state index contributed by atoms with van der Waals surface area (Å²) in [4.78, 5) is 12.9. The highest BCUT2D eigenvalue weighted by molar-refractivity contribution is 5.77. The molecule has 0 aromatic heterocycles. The Morgan fingerprint density at radius 1 is 1.45 bits per heavy atom. The van der Waals surface area contributed by atoms with Crippen LogP contribution < -0.4 is 0 Å². The molecule has 0 radical (unpaired) electrons. The van der Waals surface area contributed by atoms with Crippen LogP contribution in [0.1, 0.15) is 25.7 Å². The van der Waals surface area contributed by atoms with Crippen molar-refractivity contribution >= 4 is 5.91 Å². The van der Waals surface area contributed by atoms with Gasteiger partial charge in [-0.2, -0.15) is 0 Å². The maximum atomic E-state index is 11.2. The summed E-state index contributed by atoms with van der Waals surface area (Å²) in [5.74, 6) is 0.207. The quantitative estimate of drug-likeness (QED) is 0.522. The van der Waals surface area contributed by atoms with Gasteiger partial charge in [0.25, 0.3) is 0 Å². The highest BCUT2D eigenvalue weighted by Crippen LogP contribution is 2.10. The van der Waals surface area contributed by atoms with Gasteiger partial charge in [-0.25, -0.2) is 0 Å². The van der Waals surface area contributed by atoms with Gasteiger partial charge in [-0.3, -0.25) is 4.79 Å². The summed E-state index contributed by atoms with van der Waals surface area (Å²) < 4.78 is 0. The van der Waals surface area contributed by atoms with Gasteiger partial charge in [0, 0.05) is 19.2 Å². The van der Waals surface area contributed by atoms with Crippen LogP contribution in [0.25, 0.3) is 0 Å². The Kier molecular flexibility index (Phi) is 2.94. The van der Waals surface area contributed by atoms with Gasteiger partial charge < -0.3 is 4.90 Å². The molecular weight excluding hydrogens is 138 g/mol. The van der Waals surface area contributed by atoms with Crippen molar-refractivity contribution in [2.24, 2.45) is 0 Å². The van der Waals surface area contributed by atoms with E-state index in [-0.39, 0.29) is 5.91 Å². The second-order valence-electron chi connectivity index (χ2n) is 2.73. The van der Waals surface area contributed by atoms with Crippen LogP contribution >= 0.6 is 0 Å². The molecule has 0 unspecified atom stereocenters. The first-order valence-electron chi connectivity index (χ1n) is 4.00. The minimum atomic E-state index is 0.207. The number of carbonyl (C=O) groups excluding carboxylic acids is 1. The second kappa shape index (κ2) is 3.99. The van der Waals surface area contributed by atoms with Crippen molar-refractivity contribution in [3.05, 3.63) is 18.5 Å². The number of carbonyl (C=O) groups is 1. The van der Waals surface area contributed by atoms with Crippen LogP contribution in [0, 0.1) is 0 Å². The smallest absolute Gasteiger partial charge is 0.226 e. The summed E-state index contributed by atoms with van der Waals surface area (Å²) in [6.45, 7) is 4.28. The highest BCUT2D eigenvalue weighted by atomic mass is 16.2. The topological polar surface area (TPSA) is 20.3 Å². The van der Waals surface area contributed by atoms with E-state index >= 15 is 0 Å². The lowest BCUT2D eigenvalue weighted by Crippen LogP contribution is -2.23. The monoisotopic (exact) mass is 151 g/mol. The van der Waals surface area contributed by atoms with Crippen LogP contribution in [-0.2, 0) is 4.79 Å². The zero-order valence-corrected chi connectivity index (χ0v) is 6.68. The molecule has 1 aliphatic rings. The van der Waals surface area contributed by atoms with E-state index in [1.54, 1.807) is 11.1 Å². The lowest BCUT2D eigenvalue weighted by Gasteiger charge is -2.12. The number of hydrogen-bond acceptors (Lipinski definition) is 1. The molecule has 0 aromatic rings. The normalized spacial score (nSPS) is 18.9. The molecular formula is C9H13NO. The third kappa shape index (κ3) is 2.24. The van der Waals surface area contributed by atoms with Crippen molar-refractivity contribution in [2.45, 2.75) is 25.7 Å². The van der Waals surface area contributed by atoms with Gasteiger partial charge in [0.2, 0.25) is 5.91 Å². The lowest BCUT2D eigenvalue weighted by atomic mass is 10.2. The fourth-order valence-corrected chi connectivity index (χ4v) is 1.25. The number of nitrogens with zero attached hydrogens (tertiary/aromatic N) is 1. The summed E-state index contributed by atoms with van der Waals surface area (Å²) in [5.41, 5.74) is 2.63. The maximum Gasteiger partial charge on any atom is 0.226 e. The zero-order valence-electron chi connectivity index (χ0n) is 6.68. The zero-order chi connectivity index (χ0) is 8.10. The van der Waals surface area contributed by atoms with Gasteiger partial charge in [-0.15, -0.1) is 5.73 Å². The van der Waals surface area contributed by atoms with E-state index in [0.717, 1.165) is 25.8 Å². The van der Waals surface area contributed by atoms with E-state index in [0.29, 0.717) is 6.42 Å². The predicted octanol–water partition coefficient (Wildman–Crippen LogP) is 1.69. The second-order valence-corrected chi connectivity index (χ2v) is 2.73. The summed E-state index contributed by atoms with van der Waals surface area (Å²) >= 11 is 0. The first kappa shape index (κ1) is 8.09. The summed E-state index contributed by atoms with van der Waals surface area (Å²) in [7, 11) is 0. The molecule has 0 N–H and O–H groups in total. The molecule has 2 heteroatoms. The van der Waals surface area contributed by atoms with E-state index in [9.17, 15) is 4.79 Å². The van der Waals surface area contributed by atoms with Crippen molar-refractivity contribution in [3.8, 4) is 0 Å². The van der Waals surface area contributed by atoms with Gasteiger partial charge in [0.15, 0.2) is 0 Å². The molecule has 60 valence electrons. The predicted molar refractivity (Wildman–Crippen MR) is 43.9 cm³/mol. The van der Waals surface area contributed by atoms with Crippen LogP contribution in [-0.4, -0.2) is 17.4 Å². The van der Waals surface area contributed by atoms with Crippen molar-refractivity contribution < 1.29 is 4.79 Å². The van der Waals surface area contributed by atoms with E-state index < -0.39 is 0 Å². The Balaban J connectivity index is 2.59. The molecule has 0 aromatic carbocycles. The maximum absolute atomic E-state index is 11.2.